The minimum absolute atomic E-state index is 0. The molecule has 0 radical (unpaired) electrons. The van der Waals surface area contributed by atoms with Crippen LogP contribution < -0.4 is 0 Å². The molecule has 0 spiro atoms. The van der Waals surface area contributed by atoms with E-state index >= 15 is 0 Å². The van der Waals surface area contributed by atoms with E-state index in [-0.39, 0.29) is 18.3 Å². The Morgan fingerprint density at radius 2 is 1.78 bits per heavy atom. The van der Waals surface area contributed by atoms with Crippen LogP contribution in [-0.4, -0.2) is 32.2 Å². The van der Waals surface area contributed by atoms with Crippen LogP contribution in [0, 0.1) is 24.2 Å². The number of fused-ring (bicyclic) bond motifs is 1. The number of hydrogen-bond acceptors (Lipinski definition) is 6. The van der Waals surface area contributed by atoms with E-state index in [1.807, 2.05) is 55.5 Å². The zero-order valence-electron chi connectivity index (χ0n) is 20.2. The minimum atomic E-state index is -0.685. The van der Waals surface area contributed by atoms with Gasteiger partial charge in [0.1, 0.15) is 0 Å². The van der Waals surface area contributed by atoms with Crippen LogP contribution in [-0.2, 0) is 17.9 Å². The van der Waals surface area contributed by atoms with E-state index in [1.165, 1.54) is 11.1 Å². The summed E-state index contributed by atoms with van der Waals surface area (Å²) in [6, 6.07) is 22.4. The van der Waals surface area contributed by atoms with Crippen molar-refractivity contribution in [3.8, 4) is 40.0 Å². The van der Waals surface area contributed by atoms with Gasteiger partial charge < -0.3 is 9.63 Å². The van der Waals surface area contributed by atoms with Crippen molar-refractivity contribution in [1.29, 1.82) is 5.26 Å². The Balaban J connectivity index is 0.00000280. The van der Waals surface area contributed by atoms with Gasteiger partial charge in [0, 0.05) is 30.3 Å². The number of carbonyl (C=O) groups is 1. The zero-order chi connectivity index (χ0) is 24.8. The predicted octanol–water partition coefficient (Wildman–Crippen LogP) is 5.85. The lowest BCUT2D eigenvalue weighted by Crippen LogP contribution is -2.44. The molecule has 186 valence electrons. The first-order valence-electron chi connectivity index (χ1n) is 12.0. The Morgan fingerprint density at radius 3 is 2.54 bits per heavy atom. The SMILES string of the molecule is Cc1cc(-c2nc(-c3ccc4c(c3)CN(C3CC(C(=O)O)C3)C4)no2)ccc1-c1ccccc1C#N.Cl. The predicted molar refractivity (Wildman–Crippen MR) is 141 cm³/mol. The van der Waals surface area contributed by atoms with E-state index in [0.29, 0.717) is 23.3 Å². The highest BCUT2D eigenvalue weighted by Gasteiger charge is 2.39. The molecule has 1 saturated carbocycles. The number of carboxylic acids is 1. The van der Waals surface area contributed by atoms with Crippen LogP contribution in [0.2, 0.25) is 0 Å². The van der Waals surface area contributed by atoms with Crippen LogP contribution in [0.3, 0.4) is 0 Å². The maximum atomic E-state index is 11.1. The van der Waals surface area contributed by atoms with Gasteiger partial charge in [0.15, 0.2) is 0 Å². The third-order valence-corrected chi connectivity index (χ3v) is 7.43. The summed E-state index contributed by atoms with van der Waals surface area (Å²) in [5, 5.41) is 22.8. The highest BCUT2D eigenvalue weighted by molar-refractivity contribution is 5.85. The summed E-state index contributed by atoms with van der Waals surface area (Å²) in [4.78, 5) is 18.2. The number of aryl methyl sites for hydroxylation is 1. The second kappa shape index (κ2) is 9.81. The molecule has 1 fully saturated rings. The van der Waals surface area contributed by atoms with E-state index in [9.17, 15) is 10.1 Å². The lowest BCUT2D eigenvalue weighted by Gasteiger charge is -2.39. The topological polar surface area (TPSA) is 103 Å². The maximum Gasteiger partial charge on any atom is 0.306 e. The Kier molecular flexibility index (Phi) is 6.55. The van der Waals surface area contributed by atoms with Crippen LogP contribution in [0.15, 0.2) is 65.2 Å². The molecule has 0 unspecified atom stereocenters. The normalized spacial score (nSPS) is 18.4. The summed E-state index contributed by atoms with van der Waals surface area (Å²) in [7, 11) is 0. The van der Waals surface area contributed by atoms with Gasteiger partial charge in [0.2, 0.25) is 5.82 Å². The highest BCUT2D eigenvalue weighted by Crippen LogP contribution is 2.38. The lowest BCUT2D eigenvalue weighted by atomic mass is 9.79. The van der Waals surface area contributed by atoms with Crippen LogP contribution in [0.25, 0.3) is 34.0 Å². The van der Waals surface area contributed by atoms with E-state index in [0.717, 1.165) is 53.7 Å². The van der Waals surface area contributed by atoms with Gasteiger partial charge in [-0.1, -0.05) is 41.6 Å². The Labute approximate surface area is 220 Å². The molecule has 0 atom stereocenters. The third kappa shape index (κ3) is 4.50. The molecule has 8 heteroatoms. The molecule has 1 aliphatic heterocycles. The number of hydrogen-bond donors (Lipinski definition) is 1. The molecule has 1 aromatic heterocycles. The molecule has 0 saturated heterocycles. The Morgan fingerprint density at radius 1 is 1.03 bits per heavy atom. The maximum absolute atomic E-state index is 11.1. The summed E-state index contributed by atoms with van der Waals surface area (Å²) in [6.07, 6.45) is 1.45. The fourth-order valence-corrected chi connectivity index (χ4v) is 5.28. The van der Waals surface area contributed by atoms with Crippen molar-refractivity contribution >= 4 is 18.4 Å². The molecule has 37 heavy (non-hydrogen) atoms. The summed E-state index contributed by atoms with van der Waals surface area (Å²) in [5.74, 6) is 0.0997. The lowest BCUT2D eigenvalue weighted by molar-refractivity contribution is -0.147. The highest BCUT2D eigenvalue weighted by atomic mass is 35.5. The fraction of sp³-hybridized carbons (Fsp3) is 0.241. The minimum Gasteiger partial charge on any atom is -0.481 e. The van der Waals surface area contributed by atoms with E-state index in [4.69, 9.17) is 9.63 Å². The molecule has 6 rings (SSSR count). The van der Waals surface area contributed by atoms with Crippen molar-refractivity contribution in [1.82, 2.24) is 15.0 Å². The molecule has 0 bridgehead atoms. The van der Waals surface area contributed by atoms with Crippen molar-refractivity contribution in [2.75, 3.05) is 0 Å². The van der Waals surface area contributed by atoms with Crippen LogP contribution in [0.5, 0.6) is 0 Å². The number of halogens is 1. The van der Waals surface area contributed by atoms with Gasteiger partial charge in [-0.25, -0.2) is 0 Å². The Hall–Kier alpha value is -3.99. The van der Waals surface area contributed by atoms with E-state index in [1.54, 1.807) is 0 Å². The average molecular weight is 513 g/mol. The first kappa shape index (κ1) is 24.7. The van der Waals surface area contributed by atoms with Gasteiger partial charge in [0.25, 0.3) is 5.89 Å². The molecule has 1 N–H and O–H groups in total. The van der Waals surface area contributed by atoms with E-state index < -0.39 is 5.97 Å². The van der Waals surface area contributed by atoms with E-state index in [2.05, 4.69) is 33.2 Å². The first-order chi connectivity index (χ1) is 17.5. The number of benzene rings is 3. The van der Waals surface area contributed by atoms with Crippen LogP contribution in [0.1, 0.15) is 35.1 Å². The average Bonchev–Trinajstić information content (AvgIpc) is 3.50. The standard InChI is InChI=1S/C29H24N4O3.ClH/c1-17-10-19(8-9-25(17)26-5-3-2-4-20(26)14-30)28-31-27(32-36-28)18-6-7-21-15-33(16-23(21)11-18)24-12-22(13-24)29(34)35;/h2-11,22,24H,12-13,15-16H2,1H3,(H,34,35);1H. The number of carboxylic acid groups (broad SMARTS) is 1. The van der Waals surface area contributed by atoms with Gasteiger partial charge in [-0.2, -0.15) is 10.2 Å². The number of nitriles is 1. The van der Waals surface area contributed by atoms with Crippen molar-refractivity contribution in [2.45, 2.75) is 38.9 Å². The van der Waals surface area contributed by atoms with Crippen LogP contribution in [0.4, 0.5) is 0 Å². The molecule has 0 amide bonds. The number of rotatable bonds is 5. The smallest absolute Gasteiger partial charge is 0.306 e. The summed E-state index contributed by atoms with van der Waals surface area (Å²) >= 11 is 0. The molecule has 2 heterocycles. The van der Waals surface area contributed by atoms with Gasteiger partial charge in [-0.05, 0) is 71.8 Å². The van der Waals surface area contributed by atoms with Gasteiger partial charge in [-0.15, -0.1) is 12.4 Å². The summed E-state index contributed by atoms with van der Waals surface area (Å²) in [6.45, 7) is 3.68. The molecule has 2 aliphatic rings. The molecule has 1 aliphatic carbocycles. The van der Waals surface area contributed by atoms with Crippen molar-refractivity contribution in [3.05, 3.63) is 82.9 Å². The first-order valence-corrected chi connectivity index (χ1v) is 12.0. The van der Waals surface area contributed by atoms with Crippen molar-refractivity contribution < 1.29 is 14.4 Å². The summed E-state index contributed by atoms with van der Waals surface area (Å²) < 4.78 is 5.61. The second-order valence-corrected chi connectivity index (χ2v) is 9.66. The monoisotopic (exact) mass is 512 g/mol. The zero-order valence-corrected chi connectivity index (χ0v) is 21.0. The summed E-state index contributed by atoms with van der Waals surface area (Å²) in [5.41, 5.74) is 7.80. The quantitative estimate of drug-likeness (QED) is 0.357. The van der Waals surface area contributed by atoms with Crippen LogP contribution >= 0.6 is 12.4 Å². The number of nitrogens with zero attached hydrogens (tertiary/aromatic N) is 4. The van der Waals surface area contributed by atoms with Gasteiger partial charge in [-0.3, -0.25) is 9.69 Å². The van der Waals surface area contributed by atoms with Crippen molar-refractivity contribution in [2.24, 2.45) is 5.92 Å². The molecular weight excluding hydrogens is 488 g/mol. The van der Waals surface area contributed by atoms with Gasteiger partial charge >= 0.3 is 5.97 Å². The molecule has 7 nitrogen and oxygen atoms in total. The fourth-order valence-electron chi connectivity index (χ4n) is 5.28. The molecule has 3 aromatic carbocycles. The second-order valence-electron chi connectivity index (χ2n) is 9.66. The number of aliphatic carboxylic acids is 1. The Bertz CT molecular complexity index is 1530. The number of aromatic nitrogens is 2. The van der Waals surface area contributed by atoms with Gasteiger partial charge in [0.05, 0.1) is 17.6 Å². The largest absolute Gasteiger partial charge is 0.481 e. The third-order valence-electron chi connectivity index (χ3n) is 7.43. The molecular formula is C29H25ClN4O3. The molecule has 4 aromatic rings. The van der Waals surface area contributed by atoms with Crippen molar-refractivity contribution in [3.63, 3.8) is 0 Å².